The normalized spacial score (nSPS) is 13.9. The van der Waals surface area contributed by atoms with Gasteiger partial charge in [0, 0.05) is 39.8 Å². The predicted octanol–water partition coefficient (Wildman–Crippen LogP) is 2.48. The van der Waals surface area contributed by atoms with Crippen molar-refractivity contribution in [2.75, 3.05) is 12.8 Å². The van der Waals surface area contributed by atoms with E-state index in [2.05, 4.69) is 5.32 Å². The number of benzene rings is 2. The summed E-state index contributed by atoms with van der Waals surface area (Å²) >= 11 is 0. The first-order valence-corrected chi connectivity index (χ1v) is 7.90. The summed E-state index contributed by atoms with van der Waals surface area (Å²) in [6, 6.07) is 9.62. The van der Waals surface area contributed by atoms with E-state index in [1.807, 2.05) is 0 Å². The molecule has 3 nitrogen and oxygen atoms in total. The SMILES string of the molecule is CC(CNC(=O)c1ccc(F)c2ccccc12)S(C)=O. The Morgan fingerprint density at radius 2 is 1.90 bits per heavy atom. The molecule has 0 radical (unpaired) electrons. The number of carbonyl (C=O) groups is 1. The first-order valence-electron chi connectivity index (χ1n) is 6.28. The molecule has 106 valence electrons. The van der Waals surface area contributed by atoms with Crippen LogP contribution in [0.2, 0.25) is 0 Å². The minimum absolute atomic E-state index is 0.120. The van der Waals surface area contributed by atoms with E-state index in [9.17, 15) is 13.4 Å². The maximum absolute atomic E-state index is 13.7. The van der Waals surface area contributed by atoms with E-state index in [4.69, 9.17) is 0 Å². The van der Waals surface area contributed by atoms with Crippen LogP contribution in [-0.4, -0.2) is 28.2 Å². The Balaban J connectivity index is 2.27. The van der Waals surface area contributed by atoms with Crippen LogP contribution in [0.15, 0.2) is 36.4 Å². The molecule has 5 heteroatoms. The third-order valence-electron chi connectivity index (χ3n) is 3.23. The molecule has 0 saturated carbocycles. The van der Waals surface area contributed by atoms with Gasteiger partial charge in [-0.2, -0.15) is 0 Å². The second-order valence-electron chi connectivity index (χ2n) is 4.66. The average Bonchev–Trinajstić information content (AvgIpc) is 2.45. The fourth-order valence-electron chi connectivity index (χ4n) is 1.91. The topological polar surface area (TPSA) is 46.2 Å². The van der Waals surface area contributed by atoms with Crippen LogP contribution in [0.3, 0.4) is 0 Å². The molecule has 0 bridgehead atoms. The van der Waals surface area contributed by atoms with Crippen LogP contribution in [0, 0.1) is 5.82 Å². The van der Waals surface area contributed by atoms with Crippen LogP contribution in [0.5, 0.6) is 0 Å². The molecule has 0 heterocycles. The van der Waals surface area contributed by atoms with Crippen LogP contribution in [0.1, 0.15) is 17.3 Å². The lowest BCUT2D eigenvalue weighted by Crippen LogP contribution is -2.32. The summed E-state index contributed by atoms with van der Waals surface area (Å²) in [5.74, 6) is -0.626. The zero-order valence-electron chi connectivity index (χ0n) is 11.4. The van der Waals surface area contributed by atoms with E-state index >= 15 is 0 Å². The third-order valence-corrected chi connectivity index (χ3v) is 4.53. The smallest absolute Gasteiger partial charge is 0.251 e. The molecular formula is C15H16FNO2S. The van der Waals surface area contributed by atoms with Gasteiger partial charge in [-0.3, -0.25) is 9.00 Å². The maximum Gasteiger partial charge on any atom is 0.251 e. The summed E-state index contributed by atoms with van der Waals surface area (Å²) in [6.45, 7) is 2.13. The quantitative estimate of drug-likeness (QED) is 0.941. The van der Waals surface area contributed by atoms with Gasteiger partial charge in [0.05, 0.1) is 0 Å². The van der Waals surface area contributed by atoms with Gasteiger partial charge in [-0.25, -0.2) is 4.39 Å². The summed E-state index contributed by atoms with van der Waals surface area (Å²) in [6.07, 6.45) is 1.60. The summed E-state index contributed by atoms with van der Waals surface area (Å²) < 4.78 is 24.9. The van der Waals surface area contributed by atoms with Gasteiger partial charge in [-0.15, -0.1) is 0 Å². The average molecular weight is 293 g/mol. The highest BCUT2D eigenvalue weighted by Crippen LogP contribution is 2.21. The van der Waals surface area contributed by atoms with E-state index in [0.29, 0.717) is 22.9 Å². The highest BCUT2D eigenvalue weighted by molar-refractivity contribution is 7.84. The minimum atomic E-state index is -0.989. The van der Waals surface area contributed by atoms with E-state index in [-0.39, 0.29) is 17.0 Å². The summed E-state index contributed by atoms with van der Waals surface area (Å²) in [5, 5.41) is 3.62. The molecule has 20 heavy (non-hydrogen) atoms. The van der Waals surface area contributed by atoms with Crippen LogP contribution in [0.25, 0.3) is 10.8 Å². The van der Waals surface area contributed by atoms with Crippen molar-refractivity contribution in [1.29, 1.82) is 0 Å². The summed E-state index contributed by atoms with van der Waals surface area (Å²) in [5.41, 5.74) is 0.427. The van der Waals surface area contributed by atoms with Gasteiger partial charge in [-0.05, 0) is 24.4 Å². The molecule has 2 rings (SSSR count). The van der Waals surface area contributed by atoms with Crippen LogP contribution < -0.4 is 5.32 Å². The molecule has 0 spiro atoms. The Morgan fingerprint density at radius 1 is 1.25 bits per heavy atom. The van der Waals surface area contributed by atoms with Crippen molar-refractivity contribution < 1.29 is 13.4 Å². The number of hydrogen-bond donors (Lipinski definition) is 1. The number of fused-ring (bicyclic) bond motifs is 1. The molecule has 0 aromatic heterocycles. The lowest BCUT2D eigenvalue weighted by atomic mass is 10.0. The summed E-state index contributed by atoms with van der Waals surface area (Å²) in [4.78, 5) is 12.2. The fourth-order valence-corrected chi connectivity index (χ4v) is 2.23. The highest BCUT2D eigenvalue weighted by Gasteiger charge is 2.14. The third kappa shape index (κ3) is 3.04. The number of nitrogens with one attached hydrogen (secondary N) is 1. The fraction of sp³-hybridized carbons (Fsp3) is 0.267. The Labute approximate surface area is 119 Å². The molecule has 0 fully saturated rings. The number of carbonyl (C=O) groups excluding carboxylic acids is 1. The first-order chi connectivity index (χ1) is 9.50. The minimum Gasteiger partial charge on any atom is -0.351 e. The second kappa shape index (κ2) is 6.13. The monoisotopic (exact) mass is 293 g/mol. The van der Waals surface area contributed by atoms with Crippen molar-refractivity contribution in [3.63, 3.8) is 0 Å². The Morgan fingerprint density at radius 3 is 2.55 bits per heavy atom. The molecule has 2 unspecified atom stereocenters. The summed E-state index contributed by atoms with van der Waals surface area (Å²) in [7, 11) is -0.989. The van der Waals surface area contributed by atoms with E-state index in [1.165, 1.54) is 12.1 Å². The maximum atomic E-state index is 13.7. The molecule has 1 N–H and O–H groups in total. The van der Waals surface area contributed by atoms with Crippen molar-refractivity contribution in [3.05, 3.63) is 47.8 Å². The lowest BCUT2D eigenvalue weighted by Gasteiger charge is -2.11. The van der Waals surface area contributed by atoms with E-state index < -0.39 is 10.8 Å². The zero-order chi connectivity index (χ0) is 14.7. The molecule has 2 atom stereocenters. The molecule has 0 aliphatic heterocycles. The van der Waals surface area contributed by atoms with Crippen LogP contribution >= 0.6 is 0 Å². The largest absolute Gasteiger partial charge is 0.351 e. The molecule has 0 aliphatic rings. The second-order valence-corrected chi connectivity index (χ2v) is 6.46. The number of rotatable bonds is 4. The Bertz CT molecular complexity index is 672. The molecule has 0 saturated heterocycles. The van der Waals surface area contributed by atoms with Gasteiger partial charge in [-0.1, -0.05) is 24.3 Å². The first kappa shape index (κ1) is 14.7. The van der Waals surface area contributed by atoms with Gasteiger partial charge in [0.2, 0.25) is 0 Å². The van der Waals surface area contributed by atoms with Crippen molar-refractivity contribution in [3.8, 4) is 0 Å². The van der Waals surface area contributed by atoms with E-state index in [0.717, 1.165) is 0 Å². The molecular weight excluding hydrogens is 277 g/mol. The van der Waals surface area contributed by atoms with Gasteiger partial charge in [0.25, 0.3) is 5.91 Å². The van der Waals surface area contributed by atoms with Crippen molar-refractivity contribution >= 4 is 27.5 Å². The highest BCUT2D eigenvalue weighted by atomic mass is 32.2. The van der Waals surface area contributed by atoms with Gasteiger partial charge >= 0.3 is 0 Å². The molecule has 2 aromatic rings. The van der Waals surface area contributed by atoms with Crippen molar-refractivity contribution in [2.24, 2.45) is 0 Å². The Hall–Kier alpha value is -1.75. The van der Waals surface area contributed by atoms with Gasteiger partial charge < -0.3 is 5.32 Å². The molecule has 2 aromatic carbocycles. The van der Waals surface area contributed by atoms with Crippen molar-refractivity contribution in [2.45, 2.75) is 12.2 Å². The van der Waals surface area contributed by atoms with Crippen molar-refractivity contribution in [1.82, 2.24) is 5.32 Å². The number of amides is 1. The van der Waals surface area contributed by atoms with Crippen LogP contribution in [-0.2, 0) is 10.8 Å². The molecule has 1 amide bonds. The lowest BCUT2D eigenvalue weighted by molar-refractivity contribution is 0.0955. The van der Waals surface area contributed by atoms with E-state index in [1.54, 1.807) is 37.4 Å². The predicted molar refractivity (Wildman–Crippen MR) is 79.8 cm³/mol. The Kier molecular flexibility index (Phi) is 4.49. The van der Waals surface area contributed by atoms with Gasteiger partial charge in [0.15, 0.2) is 0 Å². The standard InChI is InChI=1S/C15H16FNO2S/c1-10(20(2)19)9-17-15(18)13-7-8-14(16)12-6-4-3-5-11(12)13/h3-8,10H,9H2,1-2H3,(H,17,18). The molecule has 0 aliphatic carbocycles. The number of halogens is 1. The zero-order valence-corrected chi connectivity index (χ0v) is 12.2. The van der Waals surface area contributed by atoms with Crippen LogP contribution in [0.4, 0.5) is 4.39 Å². The van der Waals surface area contributed by atoms with Gasteiger partial charge in [0.1, 0.15) is 5.82 Å². The number of hydrogen-bond acceptors (Lipinski definition) is 2.